The normalized spacial score (nSPS) is 15.4. The fourth-order valence-electron chi connectivity index (χ4n) is 4.35. The highest BCUT2D eigenvalue weighted by atomic mass is 19.1. The molecule has 5 rings (SSSR count). The minimum Gasteiger partial charge on any atom is -0.450 e. The average molecular weight is 427 g/mol. The van der Waals surface area contributed by atoms with Crippen molar-refractivity contribution in [1.82, 2.24) is 4.90 Å². The van der Waals surface area contributed by atoms with Gasteiger partial charge in [0.2, 0.25) is 5.76 Å². The summed E-state index contributed by atoms with van der Waals surface area (Å²) in [5.41, 5.74) is 4.46. The van der Waals surface area contributed by atoms with E-state index in [1.54, 1.807) is 30.3 Å². The number of carbonyl (C=O) groups excluding carboxylic acids is 1. The first-order chi connectivity index (χ1) is 15.3. The summed E-state index contributed by atoms with van der Waals surface area (Å²) in [5.74, 6) is -0.885. The lowest BCUT2D eigenvalue weighted by Crippen LogP contribution is -2.29. The molecule has 1 atom stereocenters. The van der Waals surface area contributed by atoms with Crippen molar-refractivity contribution in [1.29, 1.82) is 0 Å². The highest BCUT2D eigenvalue weighted by Gasteiger charge is 2.43. The number of carbonyl (C=O) groups is 1. The summed E-state index contributed by atoms with van der Waals surface area (Å²) in [6.07, 6.45) is 0. The molecule has 0 bridgehead atoms. The Labute approximate surface area is 184 Å². The molecule has 0 spiro atoms. The van der Waals surface area contributed by atoms with Gasteiger partial charge >= 0.3 is 0 Å². The molecule has 32 heavy (non-hydrogen) atoms. The molecule has 1 aromatic heterocycles. The molecule has 5 heteroatoms. The summed E-state index contributed by atoms with van der Waals surface area (Å²) in [6.45, 7) is 6.07. The standard InChI is InChI=1S/C27H22FNO3/c1-15-8-10-18(11-9-15)14-29-24(19-6-4-5-7-21(19)28)23-25(30)20-12-16(2)17(3)13-22(20)32-26(23)27(29)31/h4-13,24H,14H2,1-3H3. The molecule has 2 heterocycles. The van der Waals surface area contributed by atoms with Gasteiger partial charge in [-0.1, -0.05) is 48.0 Å². The topological polar surface area (TPSA) is 50.5 Å². The lowest BCUT2D eigenvalue weighted by molar-refractivity contribution is 0.0712. The molecule has 1 unspecified atom stereocenters. The smallest absolute Gasteiger partial charge is 0.291 e. The highest BCUT2D eigenvalue weighted by molar-refractivity contribution is 5.99. The van der Waals surface area contributed by atoms with Crippen LogP contribution in [0.5, 0.6) is 0 Å². The van der Waals surface area contributed by atoms with Crippen LogP contribution in [0.1, 0.15) is 50.0 Å². The van der Waals surface area contributed by atoms with E-state index in [2.05, 4.69) is 0 Å². The second-order valence-electron chi connectivity index (χ2n) is 8.45. The Hall–Kier alpha value is -3.73. The van der Waals surface area contributed by atoms with E-state index < -0.39 is 17.8 Å². The molecule has 1 aliphatic heterocycles. The second kappa shape index (κ2) is 7.45. The fourth-order valence-corrected chi connectivity index (χ4v) is 4.35. The van der Waals surface area contributed by atoms with Crippen LogP contribution >= 0.6 is 0 Å². The fraction of sp³-hybridized carbons (Fsp3) is 0.185. The number of nitrogens with zero attached hydrogens (tertiary/aromatic N) is 1. The largest absolute Gasteiger partial charge is 0.450 e. The zero-order chi connectivity index (χ0) is 22.6. The van der Waals surface area contributed by atoms with Gasteiger partial charge in [0.25, 0.3) is 5.91 Å². The highest BCUT2D eigenvalue weighted by Crippen LogP contribution is 2.40. The molecule has 4 aromatic rings. The van der Waals surface area contributed by atoms with Gasteiger partial charge in [-0.15, -0.1) is 0 Å². The van der Waals surface area contributed by atoms with E-state index >= 15 is 0 Å². The molecule has 0 saturated heterocycles. The van der Waals surface area contributed by atoms with E-state index in [1.807, 2.05) is 45.0 Å². The maximum atomic E-state index is 14.9. The van der Waals surface area contributed by atoms with Crippen LogP contribution in [0.2, 0.25) is 0 Å². The number of amides is 1. The molecular weight excluding hydrogens is 405 g/mol. The molecule has 4 nitrogen and oxygen atoms in total. The molecule has 0 aliphatic carbocycles. The Morgan fingerprint density at radius 3 is 2.34 bits per heavy atom. The van der Waals surface area contributed by atoms with Crippen LogP contribution in [-0.2, 0) is 6.54 Å². The first-order valence-corrected chi connectivity index (χ1v) is 10.5. The number of hydrogen-bond acceptors (Lipinski definition) is 3. The van der Waals surface area contributed by atoms with Gasteiger partial charge in [0.05, 0.1) is 17.0 Å². The number of halogens is 1. The van der Waals surface area contributed by atoms with Crippen LogP contribution in [-0.4, -0.2) is 10.8 Å². The minimum atomic E-state index is -0.859. The predicted octanol–water partition coefficient (Wildman–Crippen LogP) is 5.60. The molecule has 0 saturated carbocycles. The van der Waals surface area contributed by atoms with Gasteiger partial charge < -0.3 is 9.32 Å². The number of benzene rings is 3. The van der Waals surface area contributed by atoms with Crippen molar-refractivity contribution in [2.75, 3.05) is 0 Å². The quantitative estimate of drug-likeness (QED) is 0.427. The lowest BCUT2D eigenvalue weighted by atomic mass is 9.97. The zero-order valence-corrected chi connectivity index (χ0v) is 18.1. The summed E-state index contributed by atoms with van der Waals surface area (Å²) < 4.78 is 20.9. The van der Waals surface area contributed by atoms with Gasteiger partial charge in [0.1, 0.15) is 11.4 Å². The van der Waals surface area contributed by atoms with E-state index in [9.17, 15) is 14.0 Å². The van der Waals surface area contributed by atoms with Crippen molar-refractivity contribution in [2.24, 2.45) is 0 Å². The molecule has 160 valence electrons. The number of hydrogen-bond donors (Lipinski definition) is 0. The van der Waals surface area contributed by atoms with Crippen molar-refractivity contribution in [3.8, 4) is 0 Å². The third-order valence-electron chi connectivity index (χ3n) is 6.26. The van der Waals surface area contributed by atoms with Gasteiger partial charge in [0, 0.05) is 12.1 Å². The third-order valence-corrected chi connectivity index (χ3v) is 6.26. The zero-order valence-electron chi connectivity index (χ0n) is 18.1. The minimum absolute atomic E-state index is 0.00822. The maximum absolute atomic E-state index is 14.9. The second-order valence-corrected chi connectivity index (χ2v) is 8.45. The van der Waals surface area contributed by atoms with E-state index in [0.717, 1.165) is 22.3 Å². The Morgan fingerprint density at radius 1 is 0.938 bits per heavy atom. The average Bonchev–Trinajstić information content (AvgIpc) is 3.04. The van der Waals surface area contributed by atoms with Crippen LogP contribution < -0.4 is 5.43 Å². The summed E-state index contributed by atoms with van der Waals surface area (Å²) >= 11 is 0. The Balaban J connectivity index is 1.75. The van der Waals surface area contributed by atoms with E-state index in [0.29, 0.717) is 11.0 Å². The molecule has 0 fully saturated rings. The molecular formula is C27H22FNO3. The summed E-state index contributed by atoms with van der Waals surface area (Å²) in [6, 6.07) is 16.8. The van der Waals surface area contributed by atoms with Crippen molar-refractivity contribution < 1.29 is 13.6 Å². The van der Waals surface area contributed by atoms with Crippen molar-refractivity contribution >= 4 is 16.9 Å². The van der Waals surface area contributed by atoms with Gasteiger partial charge in [-0.05, 0) is 55.7 Å². The SMILES string of the molecule is Cc1ccc(CN2C(=O)c3oc4cc(C)c(C)cc4c(=O)c3C2c2ccccc2F)cc1. The summed E-state index contributed by atoms with van der Waals surface area (Å²) in [5, 5.41) is 0.401. The van der Waals surface area contributed by atoms with Crippen LogP contribution in [0, 0.1) is 26.6 Å². The molecule has 1 amide bonds. The van der Waals surface area contributed by atoms with Crippen molar-refractivity contribution in [3.05, 3.63) is 116 Å². The van der Waals surface area contributed by atoms with Crippen LogP contribution in [0.25, 0.3) is 11.0 Å². The van der Waals surface area contributed by atoms with Gasteiger partial charge in [0.15, 0.2) is 5.43 Å². The molecule has 0 N–H and O–H groups in total. The van der Waals surface area contributed by atoms with Crippen LogP contribution in [0.3, 0.4) is 0 Å². The lowest BCUT2D eigenvalue weighted by Gasteiger charge is -2.25. The van der Waals surface area contributed by atoms with E-state index in [-0.39, 0.29) is 28.9 Å². The molecule has 1 aliphatic rings. The van der Waals surface area contributed by atoms with Gasteiger partial charge in [-0.3, -0.25) is 9.59 Å². The monoisotopic (exact) mass is 427 g/mol. The maximum Gasteiger partial charge on any atom is 0.291 e. The first kappa shape index (κ1) is 20.2. The first-order valence-electron chi connectivity index (χ1n) is 10.5. The Kier molecular flexibility index (Phi) is 4.70. The van der Waals surface area contributed by atoms with Gasteiger partial charge in [-0.25, -0.2) is 4.39 Å². The van der Waals surface area contributed by atoms with Crippen LogP contribution in [0.15, 0.2) is 69.9 Å². The summed E-state index contributed by atoms with van der Waals surface area (Å²) in [4.78, 5) is 28.6. The van der Waals surface area contributed by atoms with E-state index in [4.69, 9.17) is 4.42 Å². The Bertz CT molecular complexity index is 1440. The summed E-state index contributed by atoms with van der Waals surface area (Å²) in [7, 11) is 0. The molecule has 3 aromatic carbocycles. The molecule has 0 radical (unpaired) electrons. The number of rotatable bonds is 3. The van der Waals surface area contributed by atoms with Crippen LogP contribution in [0.4, 0.5) is 4.39 Å². The Morgan fingerprint density at radius 2 is 1.62 bits per heavy atom. The van der Waals surface area contributed by atoms with Gasteiger partial charge in [-0.2, -0.15) is 0 Å². The number of aryl methyl sites for hydroxylation is 3. The third kappa shape index (κ3) is 3.12. The number of fused-ring (bicyclic) bond motifs is 2. The van der Waals surface area contributed by atoms with Crippen molar-refractivity contribution in [3.63, 3.8) is 0 Å². The predicted molar refractivity (Wildman–Crippen MR) is 121 cm³/mol. The van der Waals surface area contributed by atoms with E-state index in [1.165, 1.54) is 11.0 Å². The van der Waals surface area contributed by atoms with Crippen molar-refractivity contribution in [2.45, 2.75) is 33.4 Å².